The van der Waals surface area contributed by atoms with Crippen molar-refractivity contribution in [3.8, 4) is 16.9 Å². The van der Waals surface area contributed by atoms with Crippen LogP contribution in [0.15, 0.2) is 48.7 Å². The number of pyridine rings is 1. The lowest BCUT2D eigenvalue weighted by Gasteiger charge is -2.21. The third kappa shape index (κ3) is 6.88. The maximum atomic E-state index is 14.3. The van der Waals surface area contributed by atoms with Crippen LogP contribution in [0.5, 0.6) is 5.75 Å². The molecule has 0 atom stereocenters. The molecule has 0 saturated heterocycles. The largest absolute Gasteiger partial charge is 0.480 e. The number of alkyl halides is 3. The molecule has 0 aliphatic heterocycles. The van der Waals surface area contributed by atoms with Gasteiger partial charge in [0.25, 0.3) is 11.8 Å². The number of rotatable bonds is 8. The predicted molar refractivity (Wildman–Crippen MR) is 130 cm³/mol. The van der Waals surface area contributed by atoms with Crippen molar-refractivity contribution in [1.29, 1.82) is 0 Å². The fourth-order valence-corrected chi connectivity index (χ4v) is 3.70. The number of carbonyl (C=O) groups excluding carboxylic acids is 2. The van der Waals surface area contributed by atoms with Gasteiger partial charge in [0.2, 0.25) is 0 Å². The van der Waals surface area contributed by atoms with E-state index >= 15 is 0 Å². The zero-order valence-electron chi connectivity index (χ0n) is 19.1. The highest BCUT2D eigenvalue weighted by Gasteiger charge is 2.31. The Morgan fingerprint density at radius 1 is 1.14 bits per heavy atom. The van der Waals surface area contributed by atoms with Crippen LogP contribution in [0.1, 0.15) is 20.7 Å². The van der Waals surface area contributed by atoms with Crippen molar-refractivity contribution >= 4 is 40.8 Å². The van der Waals surface area contributed by atoms with Gasteiger partial charge in [-0.2, -0.15) is 13.2 Å². The molecule has 0 spiro atoms. The monoisotopic (exact) mass is 559 g/mol. The SMILES string of the molecule is CN(C(=O)c1c(F)cccc1Cl)c1ncc(-c2cc(C(=O)NCCO)ccc2Cl)cc1OCC(F)(F)F. The number of ether oxygens (including phenoxy) is 1. The lowest BCUT2D eigenvalue weighted by atomic mass is 10.0. The summed E-state index contributed by atoms with van der Waals surface area (Å²) in [4.78, 5) is 30.1. The van der Waals surface area contributed by atoms with Crippen LogP contribution in [0.25, 0.3) is 11.1 Å². The first-order valence-electron chi connectivity index (χ1n) is 10.5. The molecule has 2 N–H and O–H groups in total. The normalized spacial score (nSPS) is 11.2. The fraction of sp³-hybridized carbons (Fsp3) is 0.208. The van der Waals surface area contributed by atoms with Crippen LogP contribution in [-0.4, -0.2) is 54.9 Å². The number of aliphatic hydroxyl groups excluding tert-OH is 1. The maximum absolute atomic E-state index is 14.3. The number of halogens is 6. The summed E-state index contributed by atoms with van der Waals surface area (Å²) in [6.07, 6.45) is -3.51. The Labute approximate surface area is 218 Å². The molecule has 1 heterocycles. The number of anilines is 1. The lowest BCUT2D eigenvalue weighted by molar-refractivity contribution is -0.153. The Morgan fingerprint density at radius 2 is 1.86 bits per heavy atom. The minimum absolute atomic E-state index is 0.00879. The summed E-state index contributed by atoms with van der Waals surface area (Å²) in [6, 6.07) is 8.97. The number of nitrogens with one attached hydrogen (secondary N) is 1. The summed E-state index contributed by atoms with van der Waals surface area (Å²) < 4.78 is 58.1. The number of amides is 2. The molecule has 2 aromatic carbocycles. The van der Waals surface area contributed by atoms with E-state index in [0.717, 1.165) is 17.0 Å². The Bertz CT molecular complexity index is 1300. The van der Waals surface area contributed by atoms with Crippen molar-refractivity contribution in [2.75, 3.05) is 31.7 Å². The van der Waals surface area contributed by atoms with E-state index in [2.05, 4.69) is 10.3 Å². The van der Waals surface area contributed by atoms with Gasteiger partial charge in [0.15, 0.2) is 18.2 Å². The molecule has 0 bridgehead atoms. The third-order valence-electron chi connectivity index (χ3n) is 4.96. The molecule has 13 heteroatoms. The van der Waals surface area contributed by atoms with E-state index in [1.54, 1.807) is 0 Å². The van der Waals surface area contributed by atoms with Crippen molar-refractivity contribution in [2.24, 2.45) is 0 Å². The third-order valence-corrected chi connectivity index (χ3v) is 5.60. The first-order valence-corrected chi connectivity index (χ1v) is 11.3. The van der Waals surface area contributed by atoms with Crippen molar-refractivity contribution in [1.82, 2.24) is 10.3 Å². The van der Waals surface area contributed by atoms with Crippen molar-refractivity contribution in [3.05, 3.63) is 75.7 Å². The highest BCUT2D eigenvalue weighted by Crippen LogP contribution is 2.36. The van der Waals surface area contributed by atoms with E-state index in [4.69, 9.17) is 33.0 Å². The van der Waals surface area contributed by atoms with Gasteiger partial charge in [0.05, 0.1) is 17.2 Å². The first kappa shape index (κ1) is 28.2. The molecule has 3 rings (SSSR count). The smallest absolute Gasteiger partial charge is 0.422 e. The second-order valence-corrected chi connectivity index (χ2v) is 8.40. The molecule has 0 fully saturated rings. The van der Waals surface area contributed by atoms with E-state index in [9.17, 15) is 27.2 Å². The first-order chi connectivity index (χ1) is 17.4. The summed E-state index contributed by atoms with van der Waals surface area (Å²) in [5.41, 5.74) is 0.0768. The van der Waals surface area contributed by atoms with Crippen molar-refractivity contribution in [2.45, 2.75) is 6.18 Å². The summed E-state index contributed by atoms with van der Waals surface area (Å²) in [5, 5.41) is 11.3. The predicted octanol–water partition coefficient (Wildman–Crippen LogP) is 5.13. The van der Waals surface area contributed by atoms with Gasteiger partial charge < -0.3 is 15.2 Å². The molecule has 0 aliphatic carbocycles. The Morgan fingerprint density at radius 3 is 2.51 bits per heavy atom. The van der Waals surface area contributed by atoms with Crippen LogP contribution in [0, 0.1) is 5.82 Å². The number of carbonyl (C=O) groups is 2. The molecular weight excluding hydrogens is 541 g/mol. The van der Waals surface area contributed by atoms with Crippen LogP contribution in [-0.2, 0) is 0 Å². The van der Waals surface area contributed by atoms with Crippen molar-refractivity contribution in [3.63, 3.8) is 0 Å². The molecule has 0 saturated carbocycles. The number of nitrogens with zero attached hydrogens (tertiary/aromatic N) is 2. The number of hydrogen-bond donors (Lipinski definition) is 2. The van der Waals surface area contributed by atoms with Crippen LogP contribution >= 0.6 is 23.2 Å². The van der Waals surface area contributed by atoms with Crippen LogP contribution < -0.4 is 15.0 Å². The van der Waals surface area contributed by atoms with Crippen LogP contribution in [0.4, 0.5) is 23.4 Å². The molecule has 0 radical (unpaired) electrons. The van der Waals surface area contributed by atoms with Gasteiger partial charge >= 0.3 is 6.18 Å². The topological polar surface area (TPSA) is 91.8 Å². The molecule has 0 unspecified atom stereocenters. The quantitative estimate of drug-likeness (QED) is 0.373. The van der Waals surface area contributed by atoms with E-state index in [1.807, 2.05) is 0 Å². The van der Waals surface area contributed by atoms with Crippen molar-refractivity contribution < 1.29 is 37.0 Å². The zero-order valence-corrected chi connectivity index (χ0v) is 20.6. The number of aliphatic hydroxyl groups is 1. The Hall–Kier alpha value is -3.41. The Kier molecular flexibility index (Phi) is 8.95. The molecule has 1 aromatic heterocycles. The highest BCUT2D eigenvalue weighted by molar-refractivity contribution is 6.34. The van der Waals surface area contributed by atoms with Gasteiger partial charge in [-0.1, -0.05) is 29.3 Å². The zero-order chi connectivity index (χ0) is 27.3. The van der Waals surface area contributed by atoms with E-state index in [1.165, 1.54) is 43.6 Å². The number of aromatic nitrogens is 1. The molecule has 0 aliphatic rings. The summed E-state index contributed by atoms with van der Waals surface area (Å²) in [7, 11) is 1.17. The number of hydrogen-bond acceptors (Lipinski definition) is 5. The van der Waals surface area contributed by atoms with Gasteiger partial charge in [0.1, 0.15) is 5.82 Å². The highest BCUT2D eigenvalue weighted by atomic mass is 35.5. The van der Waals surface area contributed by atoms with Gasteiger partial charge in [-0.05, 0) is 36.4 Å². The molecule has 7 nitrogen and oxygen atoms in total. The summed E-state index contributed by atoms with van der Waals surface area (Å²) in [5.74, 6) is -3.21. The summed E-state index contributed by atoms with van der Waals surface area (Å²) >= 11 is 12.2. The minimum atomic E-state index is -4.72. The molecule has 2 amide bonds. The lowest BCUT2D eigenvalue weighted by Crippen LogP contribution is -2.29. The Balaban J connectivity index is 2.06. The second kappa shape index (κ2) is 11.8. The maximum Gasteiger partial charge on any atom is 0.422 e. The van der Waals surface area contributed by atoms with Gasteiger partial charge in [-0.15, -0.1) is 0 Å². The minimum Gasteiger partial charge on any atom is -0.480 e. The van der Waals surface area contributed by atoms with Gasteiger partial charge in [-0.3, -0.25) is 14.5 Å². The number of benzene rings is 2. The molecular formula is C24H19Cl2F4N3O4. The average molecular weight is 560 g/mol. The van der Waals surface area contributed by atoms with Gasteiger partial charge in [0, 0.05) is 41.5 Å². The van der Waals surface area contributed by atoms with Crippen LogP contribution in [0.3, 0.4) is 0 Å². The average Bonchev–Trinajstić information content (AvgIpc) is 2.85. The molecule has 196 valence electrons. The standard InChI is InChI=1S/C24H19Cl2F4N3O4/c1-33(23(36)20-17(26)3-2-4-18(20)27)21-19(37-12-24(28,29)30)10-14(11-32-21)15-9-13(5-6-16(15)25)22(35)31-7-8-34/h2-6,9-11,34H,7-8,12H2,1H3,(H,31,35). The fourth-order valence-electron chi connectivity index (χ4n) is 3.23. The molecule has 3 aromatic rings. The van der Waals surface area contributed by atoms with E-state index in [-0.39, 0.29) is 45.7 Å². The summed E-state index contributed by atoms with van der Waals surface area (Å²) in [6.45, 7) is -1.97. The van der Waals surface area contributed by atoms with E-state index < -0.39 is 41.7 Å². The van der Waals surface area contributed by atoms with Crippen LogP contribution in [0.2, 0.25) is 10.0 Å². The molecule has 37 heavy (non-hydrogen) atoms. The second-order valence-electron chi connectivity index (χ2n) is 7.58. The van der Waals surface area contributed by atoms with Gasteiger partial charge in [-0.25, -0.2) is 9.37 Å². The van der Waals surface area contributed by atoms with E-state index in [0.29, 0.717) is 0 Å².